The number of carboxylic acid groups (broad SMARTS) is 1. The minimum atomic E-state index is -1.44. The molecular formula is C9H17NO7. The van der Waals surface area contributed by atoms with Gasteiger partial charge in [-0.1, -0.05) is 0 Å². The Bertz CT molecular complexity index is 258. The summed E-state index contributed by atoms with van der Waals surface area (Å²) in [6.07, 6.45) is -6.62. The predicted molar refractivity (Wildman–Crippen MR) is 53.9 cm³/mol. The minimum Gasteiger partial charge on any atom is -0.479 e. The molecule has 0 saturated carbocycles. The van der Waals surface area contributed by atoms with Gasteiger partial charge in [-0.15, -0.1) is 0 Å². The second-order valence-corrected chi connectivity index (χ2v) is 3.94. The number of nitrogens with two attached hydrogens (primary N) is 1. The third-order valence-corrected chi connectivity index (χ3v) is 2.59. The van der Waals surface area contributed by atoms with Crippen molar-refractivity contribution in [1.29, 1.82) is 0 Å². The molecule has 17 heavy (non-hydrogen) atoms. The lowest BCUT2D eigenvalue weighted by molar-refractivity contribution is -0.168. The second-order valence-electron chi connectivity index (χ2n) is 3.94. The average molecular weight is 251 g/mol. The molecule has 6 atom stereocenters. The molecule has 8 heteroatoms. The molecule has 1 saturated heterocycles. The fraction of sp³-hybridized carbons (Fsp3) is 0.889. The van der Waals surface area contributed by atoms with E-state index in [1.165, 1.54) is 6.92 Å². The average Bonchev–Trinajstić information content (AvgIpc) is 2.36. The first-order valence-electron chi connectivity index (χ1n) is 5.14. The molecule has 1 aliphatic rings. The highest BCUT2D eigenvalue weighted by atomic mass is 16.6. The molecule has 1 heterocycles. The van der Waals surface area contributed by atoms with Crippen LogP contribution in [0.4, 0.5) is 0 Å². The Labute approximate surface area is 97.6 Å². The molecule has 1 unspecified atom stereocenters. The molecule has 0 radical (unpaired) electrons. The maximum absolute atomic E-state index is 10.6. The minimum absolute atomic E-state index is 0.308. The number of aliphatic hydroxyl groups excluding tert-OH is 3. The maximum atomic E-state index is 10.6. The van der Waals surface area contributed by atoms with Gasteiger partial charge in [0.25, 0.3) is 0 Å². The molecule has 1 aliphatic heterocycles. The van der Waals surface area contributed by atoms with Gasteiger partial charge in [-0.3, -0.25) is 0 Å². The van der Waals surface area contributed by atoms with Crippen molar-refractivity contribution in [2.75, 3.05) is 6.61 Å². The lowest BCUT2D eigenvalue weighted by atomic mass is 10.0. The van der Waals surface area contributed by atoms with Crippen molar-refractivity contribution in [1.82, 2.24) is 0 Å². The third-order valence-electron chi connectivity index (χ3n) is 2.59. The van der Waals surface area contributed by atoms with Crippen molar-refractivity contribution < 1.29 is 34.7 Å². The Morgan fingerprint density at radius 1 is 1.47 bits per heavy atom. The number of aliphatic hydroxyl groups is 3. The van der Waals surface area contributed by atoms with E-state index in [0.717, 1.165) is 0 Å². The van der Waals surface area contributed by atoms with Crippen molar-refractivity contribution in [2.45, 2.75) is 43.7 Å². The first-order valence-corrected chi connectivity index (χ1v) is 5.14. The van der Waals surface area contributed by atoms with Crippen molar-refractivity contribution in [3.05, 3.63) is 0 Å². The lowest BCUT2D eigenvalue weighted by Crippen LogP contribution is -2.54. The summed E-state index contributed by atoms with van der Waals surface area (Å²) in [6.45, 7) is 0.948. The number of carbonyl (C=O) groups is 1. The zero-order chi connectivity index (χ0) is 13.2. The van der Waals surface area contributed by atoms with Crippen molar-refractivity contribution in [2.24, 2.45) is 5.73 Å². The van der Waals surface area contributed by atoms with Gasteiger partial charge in [-0.2, -0.15) is 0 Å². The Morgan fingerprint density at radius 3 is 2.59 bits per heavy atom. The highest BCUT2D eigenvalue weighted by Gasteiger charge is 2.41. The SMILES string of the molecule is C[C@@H](O[C@H]1[C@H](O)[C@H](O)COC(O)[C@@H]1N)C(=O)O. The number of carboxylic acids is 1. The van der Waals surface area contributed by atoms with E-state index in [1.54, 1.807) is 0 Å². The van der Waals surface area contributed by atoms with Gasteiger partial charge >= 0.3 is 5.97 Å². The van der Waals surface area contributed by atoms with E-state index in [9.17, 15) is 20.1 Å². The normalized spacial score (nSPS) is 40.6. The van der Waals surface area contributed by atoms with E-state index in [0.29, 0.717) is 0 Å². The largest absolute Gasteiger partial charge is 0.479 e. The number of ether oxygens (including phenoxy) is 2. The van der Waals surface area contributed by atoms with Crippen LogP contribution in [0, 0.1) is 0 Å². The highest BCUT2D eigenvalue weighted by molar-refractivity contribution is 5.71. The van der Waals surface area contributed by atoms with Crippen LogP contribution < -0.4 is 5.73 Å². The zero-order valence-electron chi connectivity index (χ0n) is 9.26. The van der Waals surface area contributed by atoms with Crippen LogP contribution >= 0.6 is 0 Å². The zero-order valence-corrected chi connectivity index (χ0v) is 9.26. The fourth-order valence-corrected chi connectivity index (χ4v) is 1.48. The first-order chi connectivity index (χ1) is 7.84. The van der Waals surface area contributed by atoms with Crippen molar-refractivity contribution in [3.8, 4) is 0 Å². The van der Waals surface area contributed by atoms with E-state index in [4.69, 9.17) is 20.3 Å². The van der Waals surface area contributed by atoms with Crippen LogP contribution in [-0.4, -0.2) is 69.8 Å². The molecule has 6 N–H and O–H groups in total. The summed E-state index contributed by atoms with van der Waals surface area (Å²) in [4.78, 5) is 10.6. The molecule has 1 fully saturated rings. The van der Waals surface area contributed by atoms with Gasteiger partial charge in [-0.05, 0) is 6.92 Å². The summed E-state index contributed by atoms with van der Waals surface area (Å²) in [5.74, 6) is -1.24. The maximum Gasteiger partial charge on any atom is 0.332 e. The van der Waals surface area contributed by atoms with Crippen LogP contribution in [0.25, 0.3) is 0 Å². The van der Waals surface area contributed by atoms with Gasteiger partial charge in [0.15, 0.2) is 12.4 Å². The van der Waals surface area contributed by atoms with E-state index >= 15 is 0 Å². The van der Waals surface area contributed by atoms with E-state index in [2.05, 4.69) is 0 Å². The van der Waals surface area contributed by atoms with Crippen LogP contribution in [0.3, 0.4) is 0 Å². The van der Waals surface area contributed by atoms with Gasteiger partial charge < -0.3 is 35.6 Å². The number of hydrogen-bond donors (Lipinski definition) is 5. The smallest absolute Gasteiger partial charge is 0.332 e. The Balaban J connectivity index is 2.79. The monoisotopic (exact) mass is 251 g/mol. The van der Waals surface area contributed by atoms with Crippen LogP contribution in [-0.2, 0) is 14.3 Å². The number of rotatable bonds is 3. The lowest BCUT2D eigenvalue weighted by Gasteiger charge is -2.29. The second kappa shape index (κ2) is 5.71. The molecule has 100 valence electrons. The summed E-state index contributed by atoms with van der Waals surface area (Å²) in [5, 5.41) is 37.2. The number of aliphatic carboxylic acids is 1. The highest BCUT2D eigenvalue weighted by Crippen LogP contribution is 2.18. The molecule has 0 aliphatic carbocycles. The standard InChI is InChI=1S/C9H17NO7/c1-3(8(13)14)17-7-5(10)9(15)16-2-4(11)6(7)12/h3-7,9,11-12,15H,2,10H2,1H3,(H,13,14)/t3-,4-,5-,6-,7-,9?/m1/s1. The van der Waals surface area contributed by atoms with E-state index in [-0.39, 0.29) is 6.61 Å². The molecule has 0 bridgehead atoms. The van der Waals surface area contributed by atoms with Gasteiger partial charge in [0.1, 0.15) is 18.3 Å². The molecule has 8 nitrogen and oxygen atoms in total. The molecule has 0 aromatic heterocycles. The molecule has 0 amide bonds. The fourth-order valence-electron chi connectivity index (χ4n) is 1.48. The number of hydrogen-bond acceptors (Lipinski definition) is 7. The predicted octanol–water partition coefficient (Wildman–Crippen LogP) is -2.76. The third kappa shape index (κ3) is 3.35. The van der Waals surface area contributed by atoms with E-state index < -0.39 is 42.7 Å². The van der Waals surface area contributed by atoms with Crippen LogP contribution in [0.15, 0.2) is 0 Å². The summed E-state index contributed by atoms with van der Waals surface area (Å²) >= 11 is 0. The molecule has 0 spiro atoms. The van der Waals surface area contributed by atoms with Gasteiger partial charge in [0.2, 0.25) is 0 Å². The Morgan fingerprint density at radius 2 is 2.06 bits per heavy atom. The Kier molecular flexibility index (Phi) is 4.80. The summed E-state index contributed by atoms with van der Waals surface area (Å²) < 4.78 is 9.79. The van der Waals surface area contributed by atoms with Crippen molar-refractivity contribution in [3.63, 3.8) is 0 Å². The summed E-state index contributed by atoms with van der Waals surface area (Å²) in [5.41, 5.74) is 5.56. The van der Waals surface area contributed by atoms with Crippen molar-refractivity contribution >= 4 is 5.97 Å². The van der Waals surface area contributed by atoms with Crippen LogP contribution in [0.1, 0.15) is 6.92 Å². The molecular weight excluding hydrogens is 234 g/mol. The Hall–Kier alpha value is -0.770. The topological polar surface area (TPSA) is 142 Å². The van der Waals surface area contributed by atoms with Gasteiger partial charge in [0.05, 0.1) is 12.6 Å². The summed E-state index contributed by atoms with van der Waals surface area (Å²) in [7, 11) is 0. The summed E-state index contributed by atoms with van der Waals surface area (Å²) in [6, 6.07) is -1.15. The molecule has 1 rings (SSSR count). The molecule has 0 aromatic carbocycles. The van der Waals surface area contributed by atoms with E-state index in [1.807, 2.05) is 0 Å². The van der Waals surface area contributed by atoms with Crippen LogP contribution in [0.2, 0.25) is 0 Å². The first kappa shape index (κ1) is 14.3. The van der Waals surface area contributed by atoms with Gasteiger partial charge in [0, 0.05) is 0 Å². The molecule has 0 aromatic rings. The van der Waals surface area contributed by atoms with Crippen LogP contribution in [0.5, 0.6) is 0 Å². The quantitative estimate of drug-likeness (QED) is 0.363. The van der Waals surface area contributed by atoms with Gasteiger partial charge in [-0.25, -0.2) is 4.79 Å².